The van der Waals surface area contributed by atoms with Crippen LogP contribution in [0.2, 0.25) is 0 Å². The lowest BCUT2D eigenvalue weighted by Gasteiger charge is -2.21. The van der Waals surface area contributed by atoms with E-state index >= 15 is 0 Å². The van der Waals surface area contributed by atoms with Crippen LogP contribution in [-0.2, 0) is 19.6 Å². The number of carbonyl (C=O) groups is 2. The van der Waals surface area contributed by atoms with Gasteiger partial charge >= 0.3 is 5.97 Å². The van der Waals surface area contributed by atoms with Crippen molar-refractivity contribution in [3.05, 3.63) is 29.8 Å². The maximum atomic E-state index is 12.3. The van der Waals surface area contributed by atoms with Gasteiger partial charge in [-0.15, -0.1) is 0 Å². The first kappa shape index (κ1) is 20.1. The zero-order chi connectivity index (χ0) is 18.5. The second kappa shape index (κ2) is 8.25. The topological polar surface area (TPSA) is 92.8 Å². The summed E-state index contributed by atoms with van der Waals surface area (Å²) in [5.41, 5.74) is 0.268. The summed E-state index contributed by atoms with van der Waals surface area (Å²) in [7, 11) is 0.586. The number of rotatable bonds is 7. The molecule has 0 fully saturated rings. The molecule has 1 aromatic rings. The van der Waals surface area contributed by atoms with Gasteiger partial charge in [0, 0.05) is 19.7 Å². The van der Waals surface area contributed by atoms with E-state index < -0.39 is 27.9 Å². The summed E-state index contributed by atoms with van der Waals surface area (Å²) in [6.07, 6.45) is 0.695. The molecule has 0 saturated carbocycles. The van der Waals surface area contributed by atoms with Crippen molar-refractivity contribution < 1.29 is 22.7 Å². The lowest BCUT2D eigenvalue weighted by atomic mass is 9.99. The third kappa shape index (κ3) is 4.55. The van der Waals surface area contributed by atoms with Gasteiger partial charge in [0.05, 0.1) is 12.0 Å². The Labute approximate surface area is 143 Å². The van der Waals surface area contributed by atoms with Crippen LogP contribution in [0.15, 0.2) is 29.2 Å². The highest BCUT2D eigenvalue weighted by atomic mass is 32.2. The number of nitrogens with one attached hydrogen (secondary N) is 1. The number of amides is 1. The van der Waals surface area contributed by atoms with Gasteiger partial charge in [0.2, 0.25) is 10.0 Å². The minimum Gasteiger partial charge on any atom is -0.467 e. The third-order valence-electron chi connectivity index (χ3n) is 3.85. The summed E-state index contributed by atoms with van der Waals surface area (Å²) in [6.45, 7) is 3.75. The molecule has 0 aliphatic carbocycles. The fraction of sp³-hybridized carbons (Fsp3) is 0.500. The number of methoxy groups -OCH3 is 1. The molecule has 0 aliphatic heterocycles. The number of sulfonamides is 1. The van der Waals surface area contributed by atoms with Crippen LogP contribution in [0.4, 0.5) is 0 Å². The highest BCUT2D eigenvalue weighted by molar-refractivity contribution is 7.89. The Morgan fingerprint density at radius 2 is 1.75 bits per heavy atom. The highest BCUT2D eigenvalue weighted by Gasteiger charge is 2.27. The normalized spacial score (nSPS) is 14.1. The van der Waals surface area contributed by atoms with Gasteiger partial charge in [-0.1, -0.05) is 20.3 Å². The van der Waals surface area contributed by atoms with Crippen LogP contribution in [0, 0.1) is 5.92 Å². The van der Waals surface area contributed by atoms with Gasteiger partial charge < -0.3 is 10.1 Å². The number of hydrogen-bond acceptors (Lipinski definition) is 5. The standard InChI is InChI=1S/C16H24N2O5S/c1-6-11(2)14(16(20)23-5)17-15(19)12-7-9-13(10-8-12)24(21,22)18(3)4/h7-11,14H,6H2,1-5H3,(H,17,19)/t11-,14+/m1/s1. The van der Waals surface area contributed by atoms with Crippen molar-refractivity contribution in [1.82, 2.24) is 9.62 Å². The maximum absolute atomic E-state index is 12.3. The molecule has 0 spiro atoms. The molecular formula is C16H24N2O5S. The SMILES string of the molecule is CC[C@@H](C)[C@H](NC(=O)c1ccc(S(=O)(=O)N(C)C)cc1)C(=O)OC. The zero-order valence-corrected chi connectivity index (χ0v) is 15.4. The van der Waals surface area contributed by atoms with Gasteiger partial charge in [-0.25, -0.2) is 17.5 Å². The van der Waals surface area contributed by atoms with E-state index in [0.29, 0.717) is 6.42 Å². The molecule has 1 aromatic carbocycles. The average molecular weight is 356 g/mol. The van der Waals surface area contributed by atoms with Crippen LogP contribution in [0.3, 0.4) is 0 Å². The second-order valence-corrected chi connectivity index (χ2v) is 7.82. The van der Waals surface area contributed by atoms with E-state index in [1.165, 1.54) is 45.5 Å². The molecule has 1 N–H and O–H groups in total. The Morgan fingerprint density at radius 3 is 2.17 bits per heavy atom. The minimum absolute atomic E-state index is 0.0882. The lowest BCUT2D eigenvalue weighted by molar-refractivity contribution is -0.144. The van der Waals surface area contributed by atoms with E-state index in [9.17, 15) is 18.0 Å². The lowest BCUT2D eigenvalue weighted by Crippen LogP contribution is -2.45. The Morgan fingerprint density at radius 1 is 1.21 bits per heavy atom. The summed E-state index contributed by atoms with van der Waals surface area (Å²) in [6, 6.07) is 4.80. The van der Waals surface area contributed by atoms with Gasteiger partial charge in [-0.05, 0) is 30.2 Å². The predicted molar refractivity (Wildman–Crippen MR) is 90.0 cm³/mol. The molecule has 24 heavy (non-hydrogen) atoms. The maximum Gasteiger partial charge on any atom is 0.328 e. The summed E-state index contributed by atoms with van der Waals surface area (Å²) in [5.74, 6) is -1.06. The van der Waals surface area contributed by atoms with Gasteiger partial charge in [0.15, 0.2) is 0 Å². The second-order valence-electron chi connectivity index (χ2n) is 5.67. The fourth-order valence-electron chi connectivity index (χ4n) is 2.01. The van der Waals surface area contributed by atoms with Crippen molar-refractivity contribution in [2.24, 2.45) is 5.92 Å². The quantitative estimate of drug-likeness (QED) is 0.742. The summed E-state index contributed by atoms with van der Waals surface area (Å²) >= 11 is 0. The van der Waals surface area contributed by atoms with Crippen LogP contribution in [-0.4, -0.2) is 51.8 Å². The van der Waals surface area contributed by atoms with Crippen LogP contribution >= 0.6 is 0 Å². The monoisotopic (exact) mass is 356 g/mol. The van der Waals surface area contributed by atoms with Crippen molar-refractivity contribution in [2.45, 2.75) is 31.2 Å². The van der Waals surface area contributed by atoms with Crippen molar-refractivity contribution in [2.75, 3.05) is 21.2 Å². The van der Waals surface area contributed by atoms with Crippen LogP contribution in [0.25, 0.3) is 0 Å². The zero-order valence-electron chi connectivity index (χ0n) is 14.6. The molecule has 2 atom stereocenters. The molecule has 0 heterocycles. The molecule has 0 unspecified atom stereocenters. The Kier molecular flexibility index (Phi) is 6.92. The number of ether oxygens (including phenoxy) is 1. The van der Waals surface area contributed by atoms with Crippen molar-refractivity contribution in [1.29, 1.82) is 0 Å². The van der Waals surface area contributed by atoms with Crippen LogP contribution < -0.4 is 5.32 Å². The van der Waals surface area contributed by atoms with Gasteiger partial charge in [0.25, 0.3) is 5.91 Å². The number of esters is 1. The van der Waals surface area contributed by atoms with Crippen molar-refractivity contribution in [3.63, 3.8) is 0 Å². The first-order chi connectivity index (χ1) is 11.1. The molecule has 1 amide bonds. The summed E-state index contributed by atoms with van der Waals surface area (Å²) in [5, 5.41) is 2.64. The molecule has 1 rings (SSSR count). The van der Waals surface area contributed by atoms with E-state index in [0.717, 1.165) is 4.31 Å². The Bertz CT molecular complexity index is 683. The number of hydrogen-bond donors (Lipinski definition) is 1. The Hall–Kier alpha value is -1.93. The first-order valence-electron chi connectivity index (χ1n) is 7.56. The van der Waals surface area contributed by atoms with E-state index in [1.807, 2.05) is 13.8 Å². The summed E-state index contributed by atoms with van der Waals surface area (Å²) < 4.78 is 29.8. The third-order valence-corrected chi connectivity index (χ3v) is 5.68. The molecule has 0 aliphatic rings. The smallest absolute Gasteiger partial charge is 0.328 e. The molecule has 0 radical (unpaired) electrons. The van der Waals surface area contributed by atoms with E-state index in [-0.39, 0.29) is 16.4 Å². The molecule has 0 aromatic heterocycles. The largest absolute Gasteiger partial charge is 0.467 e. The minimum atomic E-state index is -3.55. The van der Waals surface area contributed by atoms with Crippen LogP contribution in [0.5, 0.6) is 0 Å². The van der Waals surface area contributed by atoms with E-state index in [2.05, 4.69) is 5.32 Å². The Balaban J connectivity index is 2.98. The number of nitrogens with zero attached hydrogens (tertiary/aromatic N) is 1. The first-order valence-corrected chi connectivity index (χ1v) is 9.00. The number of carbonyl (C=O) groups excluding carboxylic acids is 2. The van der Waals surface area contributed by atoms with Gasteiger partial charge in [-0.2, -0.15) is 0 Å². The molecule has 0 saturated heterocycles. The van der Waals surface area contributed by atoms with Gasteiger partial charge in [0.1, 0.15) is 6.04 Å². The van der Waals surface area contributed by atoms with E-state index in [4.69, 9.17) is 4.74 Å². The average Bonchev–Trinajstić information content (AvgIpc) is 2.57. The fourth-order valence-corrected chi connectivity index (χ4v) is 2.91. The molecule has 7 nitrogen and oxygen atoms in total. The molecule has 134 valence electrons. The molecule has 0 bridgehead atoms. The summed E-state index contributed by atoms with van der Waals surface area (Å²) in [4.78, 5) is 24.2. The molecular weight excluding hydrogens is 332 g/mol. The predicted octanol–water partition coefficient (Wildman–Crippen LogP) is 1.25. The van der Waals surface area contributed by atoms with Crippen LogP contribution in [0.1, 0.15) is 30.6 Å². The van der Waals surface area contributed by atoms with Gasteiger partial charge in [-0.3, -0.25) is 4.79 Å². The van der Waals surface area contributed by atoms with Crippen molar-refractivity contribution in [3.8, 4) is 0 Å². The highest BCUT2D eigenvalue weighted by Crippen LogP contribution is 2.15. The van der Waals surface area contributed by atoms with E-state index in [1.54, 1.807) is 0 Å². The van der Waals surface area contributed by atoms with Crippen molar-refractivity contribution >= 4 is 21.9 Å². The number of benzene rings is 1. The molecule has 8 heteroatoms.